The Kier molecular flexibility index (Phi) is 3.50. The summed E-state index contributed by atoms with van der Waals surface area (Å²) in [6.45, 7) is -0.314. The number of nitrogens with zero attached hydrogens (tertiary/aromatic N) is 4. The highest BCUT2D eigenvalue weighted by Gasteiger charge is 2.63. The largest absolute Gasteiger partial charge is 0.477 e. The number of carboxylic acids is 1. The number of hydrogen-bond donors (Lipinski definition) is 2. The minimum Gasteiger partial charge on any atom is -0.477 e. The molecule has 3 rings (SSSR count). The second-order valence-corrected chi connectivity index (χ2v) is 5.09. The van der Waals surface area contributed by atoms with E-state index in [0.29, 0.717) is 0 Å². The number of halogens is 3. The number of aromatic nitrogens is 2. The quantitative estimate of drug-likeness (QED) is 0.865. The molecule has 0 aliphatic carbocycles. The molecule has 1 amide bonds. The standard InChI is InChI=1S/C13H10F3N5O3/c14-13(15,16)12(19-20-12)3-5-17-10(22)7-6-9(11(23)24)21-8(7)2-1-4-18-21/h1-2,4,6H,3,5H2,(H,17,22)(H,23,24). The predicted molar refractivity (Wildman–Crippen MR) is 72.7 cm³/mol. The molecule has 3 heterocycles. The second-order valence-electron chi connectivity index (χ2n) is 5.09. The van der Waals surface area contributed by atoms with Crippen molar-refractivity contribution in [2.45, 2.75) is 18.3 Å². The summed E-state index contributed by atoms with van der Waals surface area (Å²) in [5.74, 6) is -1.99. The van der Waals surface area contributed by atoms with Crippen LogP contribution in [-0.2, 0) is 0 Å². The summed E-state index contributed by atoms with van der Waals surface area (Å²) in [7, 11) is 0. The Morgan fingerprint density at radius 3 is 2.62 bits per heavy atom. The Labute approximate surface area is 132 Å². The van der Waals surface area contributed by atoms with Crippen molar-refractivity contribution in [3.63, 3.8) is 0 Å². The van der Waals surface area contributed by atoms with Gasteiger partial charge in [-0.25, -0.2) is 9.31 Å². The van der Waals surface area contributed by atoms with Crippen LogP contribution in [0, 0.1) is 0 Å². The monoisotopic (exact) mass is 341 g/mol. The number of hydrogen-bond acceptors (Lipinski definition) is 5. The van der Waals surface area contributed by atoms with E-state index < -0.39 is 30.1 Å². The van der Waals surface area contributed by atoms with Crippen molar-refractivity contribution in [2.24, 2.45) is 10.2 Å². The molecule has 1 aliphatic rings. The summed E-state index contributed by atoms with van der Waals surface area (Å²) >= 11 is 0. The summed E-state index contributed by atoms with van der Waals surface area (Å²) in [5.41, 5.74) is -2.42. The Morgan fingerprint density at radius 1 is 1.33 bits per heavy atom. The molecular weight excluding hydrogens is 331 g/mol. The van der Waals surface area contributed by atoms with Gasteiger partial charge in [0, 0.05) is 19.2 Å². The lowest BCUT2D eigenvalue weighted by atomic mass is 10.1. The highest BCUT2D eigenvalue weighted by atomic mass is 19.4. The zero-order valence-electron chi connectivity index (χ0n) is 11.9. The van der Waals surface area contributed by atoms with E-state index in [-0.39, 0.29) is 23.3 Å². The number of carboxylic acid groups (broad SMARTS) is 1. The van der Waals surface area contributed by atoms with Crippen molar-refractivity contribution in [1.82, 2.24) is 14.9 Å². The molecule has 0 radical (unpaired) electrons. The molecule has 0 atom stereocenters. The van der Waals surface area contributed by atoms with Crippen LogP contribution in [0.5, 0.6) is 0 Å². The van der Waals surface area contributed by atoms with Gasteiger partial charge >= 0.3 is 12.1 Å². The average molecular weight is 341 g/mol. The number of nitrogens with one attached hydrogen (secondary N) is 1. The lowest BCUT2D eigenvalue weighted by Crippen LogP contribution is -2.37. The molecule has 0 bridgehead atoms. The zero-order chi connectivity index (χ0) is 17.5. The fourth-order valence-electron chi connectivity index (χ4n) is 2.24. The van der Waals surface area contributed by atoms with Crippen LogP contribution in [0.3, 0.4) is 0 Å². The lowest BCUT2D eigenvalue weighted by molar-refractivity contribution is -0.164. The first-order valence-electron chi connectivity index (χ1n) is 6.74. The maximum Gasteiger partial charge on any atom is 0.437 e. The molecule has 0 unspecified atom stereocenters. The first-order valence-corrected chi connectivity index (χ1v) is 6.74. The van der Waals surface area contributed by atoms with Gasteiger partial charge in [-0.05, 0) is 18.2 Å². The van der Waals surface area contributed by atoms with Crippen LogP contribution in [0.25, 0.3) is 5.52 Å². The van der Waals surface area contributed by atoms with Gasteiger partial charge in [0.05, 0.1) is 11.1 Å². The van der Waals surface area contributed by atoms with E-state index >= 15 is 0 Å². The van der Waals surface area contributed by atoms with Crippen LogP contribution >= 0.6 is 0 Å². The van der Waals surface area contributed by atoms with Crippen molar-refractivity contribution in [3.05, 3.63) is 35.7 Å². The third kappa shape index (κ3) is 2.57. The molecule has 0 spiro atoms. The Balaban J connectivity index is 1.74. The van der Waals surface area contributed by atoms with E-state index in [1.54, 1.807) is 0 Å². The molecule has 24 heavy (non-hydrogen) atoms. The molecule has 2 aromatic rings. The van der Waals surface area contributed by atoms with Gasteiger partial charge in [-0.3, -0.25) is 4.79 Å². The molecule has 2 N–H and O–H groups in total. The van der Waals surface area contributed by atoms with E-state index in [1.807, 2.05) is 0 Å². The van der Waals surface area contributed by atoms with Gasteiger partial charge in [0.15, 0.2) is 5.69 Å². The first kappa shape index (κ1) is 15.9. The maximum absolute atomic E-state index is 12.7. The molecule has 0 saturated heterocycles. The lowest BCUT2D eigenvalue weighted by Gasteiger charge is -2.14. The number of rotatable bonds is 5. The number of carbonyl (C=O) groups excluding carboxylic acids is 1. The van der Waals surface area contributed by atoms with E-state index in [4.69, 9.17) is 5.11 Å². The average Bonchev–Trinajstić information content (AvgIpc) is 3.20. The number of carbonyl (C=O) groups is 2. The first-order chi connectivity index (χ1) is 11.3. The van der Waals surface area contributed by atoms with Crippen molar-refractivity contribution in [2.75, 3.05) is 6.54 Å². The van der Waals surface area contributed by atoms with Crippen molar-refractivity contribution >= 4 is 17.4 Å². The van der Waals surface area contributed by atoms with Crippen molar-refractivity contribution < 1.29 is 27.9 Å². The van der Waals surface area contributed by atoms with Gasteiger partial charge in [0.25, 0.3) is 11.6 Å². The molecule has 126 valence electrons. The minimum atomic E-state index is -4.60. The Hall–Kier alpha value is -2.98. The molecule has 2 aromatic heterocycles. The van der Waals surface area contributed by atoms with Crippen molar-refractivity contribution in [1.29, 1.82) is 0 Å². The third-order valence-corrected chi connectivity index (χ3v) is 3.55. The van der Waals surface area contributed by atoms with E-state index in [2.05, 4.69) is 20.6 Å². The summed E-state index contributed by atoms with van der Waals surface area (Å²) in [5, 5.41) is 21.3. The van der Waals surface area contributed by atoms with Gasteiger partial charge in [0.1, 0.15) is 0 Å². The third-order valence-electron chi connectivity index (χ3n) is 3.55. The summed E-state index contributed by atoms with van der Waals surface area (Å²) < 4.78 is 39.1. The van der Waals surface area contributed by atoms with Gasteiger partial charge < -0.3 is 10.4 Å². The molecule has 8 nitrogen and oxygen atoms in total. The Morgan fingerprint density at radius 2 is 2.04 bits per heavy atom. The van der Waals surface area contributed by atoms with Crippen LogP contribution < -0.4 is 5.32 Å². The molecule has 1 aliphatic heterocycles. The fraction of sp³-hybridized carbons (Fsp3) is 0.308. The van der Waals surface area contributed by atoms with Gasteiger partial charge in [0.2, 0.25) is 0 Å². The molecular formula is C13H10F3N5O3. The summed E-state index contributed by atoms with van der Waals surface area (Å²) in [4.78, 5) is 23.3. The number of amides is 1. The van der Waals surface area contributed by atoms with Gasteiger partial charge in [-0.15, -0.1) is 10.2 Å². The number of alkyl halides is 3. The van der Waals surface area contributed by atoms with Crippen LogP contribution in [-0.4, -0.2) is 45.0 Å². The molecule has 0 saturated carbocycles. The topological polar surface area (TPSA) is 108 Å². The number of aromatic carboxylic acids is 1. The highest BCUT2D eigenvalue weighted by Crippen LogP contribution is 2.46. The molecule has 11 heteroatoms. The van der Waals surface area contributed by atoms with Crippen LogP contribution in [0.15, 0.2) is 34.6 Å². The van der Waals surface area contributed by atoms with Gasteiger partial charge in [-0.2, -0.15) is 18.3 Å². The fourth-order valence-corrected chi connectivity index (χ4v) is 2.24. The highest BCUT2D eigenvalue weighted by molar-refractivity contribution is 6.04. The second kappa shape index (κ2) is 5.28. The van der Waals surface area contributed by atoms with E-state index in [1.165, 1.54) is 18.3 Å². The molecule has 0 aromatic carbocycles. The number of fused-ring (bicyclic) bond motifs is 1. The van der Waals surface area contributed by atoms with Crippen LogP contribution in [0.4, 0.5) is 13.2 Å². The Bertz CT molecular complexity index is 852. The van der Waals surface area contributed by atoms with Gasteiger partial charge in [-0.1, -0.05) is 0 Å². The van der Waals surface area contributed by atoms with E-state index in [0.717, 1.165) is 10.6 Å². The zero-order valence-corrected chi connectivity index (χ0v) is 11.9. The smallest absolute Gasteiger partial charge is 0.437 e. The van der Waals surface area contributed by atoms with Crippen molar-refractivity contribution in [3.8, 4) is 0 Å². The van der Waals surface area contributed by atoms with Crippen LogP contribution in [0.1, 0.15) is 27.3 Å². The summed E-state index contributed by atoms with van der Waals surface area (Å²) in [6, 6.07) is 4.11. The van der Waals surface area contributed by atoms with Crippen LogP contribution in [0.2, 0.25) is 0 Å². The maximum atomic E-state index is 12.7. The summed E-state index contributed by atoms with van der Waals surface area (Å²) in [6.07, 6.45) is -3.76. The SMILES string of the molecule is O=C(NCCC1(C(F)(F)F)N=N1)c1cc(C(=O)O)n2ncccc12. The predicted octanol–water partition coefficient (Wildman–Crippen LogP) is 1.88. The minimum absolute atomic E-state index is 0.00577. The van der Waals surface area contributed by atoms with E-state index in [9.17, 15) is 22.8 Å². The normalized spacial score (nSPS) is 15.5. The molecule has 0 fully saturated rings.